The third-order valence-electron chi connectivity index (χ3n) is 5.53. The van der Waals surface area contributed by atoms with Crippen LogP contribution in [0.4, 0.5) is 0 Å². The summed E-state index contributed by atoms with van der Waals surface area (Å²) in [6, 6.07) is 3.80. The first kappa shape index (κ1) is 19.0. The molecule has 3 aromatic heterocycles. The van der Waals surface area contributed by atoms with Gasteiger partial charge >= 0.3 is 0 Å². The van der Waals surface area contributed by atoms with Crippen LogP contribution in [0.1, 0.15) is 43.1 Å². The average Bonchev–Trinajstić information content (AvgIpc) is 3.62. The maximum absolute atomic E-state index is 11.2. The lowest BCUT2D eigenvalue weighted by atomic mass is 10.3. The first-order valence-electron chi connectivity index (χ1n) is 9.66. The number of rotatable bonds is 5. The Hall–Kier alpha value is -2.37. The van der Waals surface area contributed by atoms with E-state index in [-0.39, 0.29) is 0 Å². The molecule has 0 N–H and O–H groups in total. The van der Waals surface area contributed by atoms with E-state index in [0.717, 1.165) is 41.0 Å². The fourth-order valence-corrected chi connectivity index (χ4v) is 4.18. The molecule has 0 amide bonds. The molecule has 0 atom stereocenters. The van der Waals surface area contributed by atoms with Gasteiger partial charge in [-0.25, -0.2) is 9.97 Å². The van der Waals surface area contributed by atoms with Gasteiger partial charge in [0.2, 0.25) is 0 Å². The monoisotopic (exact) mass is 396 g/mol. The molecule has 3 heterocycles. The van der Waals surface area contributed by atoms with Crippen molar-refractivity contribution in [1.82, 2.24) is 24.0 Å². The number of carbonyl (C=O) groups is 1. The van der Waals surface area contributed by atoms with E-state index >= 15 is 0 Å². The Kier molecular flexibility index (Phi) is 5.13. The lowest BCUT2D eigenvalue weighted by Crippen LogP contribution is -2.22. The summed E-state index contributed by atoms with van der Waals surface area (Å²) in [6.45, 7) is 2.60. The van der Waals surface area contributed by atoms with E-state index in [2.05, 4.69) is 21.9 Å². The van der Waals surface area contributed by atoms with Crippen LogP contribution in [-0.4, -0.2) is 49.4 Å². The van der Waals surface area contributed by atoms with E-state index in [1.807, 2.05) is 34.6 Å². The van der Waals surface area contributed by atoms with Gasteiger partial charge in [0.15, 0.2) is 6.29 Å². The number of aromatic nitrogens is 4. The predicted octanol–water partition coefficient (Wildman–Crippen LogP) is 3.57. The lowest BCUT2D eigenvalue weighted by molar-refractivity contribution is 0.111. The van der Waals surface area contributed by atoms with Crippen molar-refractivity contribution >= 4 is 40.1 Å². The highest BCUT2D eigenvalue weighted by Crippen LogP contribution is 2.35. The summed E-state index contributed by atoms with van der Waals surface area (Å²) in [5.74, 6) is 0. The fraction of sp³-hybridized carbons (Fsp3) is 0.500. The average molecular weight is 397 g/mol. The number of carbonyl (C=O) groups excluding carboxylic acids is 1. The SMILES string of the molecule is CCn1c(C=O)cc2c3c(ncn3C)c(SC#N)nc21.CN(C1CC1)C1CC1. The second kappa shape index (κ2) is 7.57. The molecule has 0 bridgehead atoms. The molecule has 0 unspecified atom stereocenters. The van der Waals surface area contributed by atoms with Gasteiger partial charge in [-0.15, -0.1) is 0 Å². The first-order valence-corrected chi connectivity index (χ1v) is 10.5. The number of hydrogen-bond acceptors (Lipinski definition) is 6. The molecule has 2 fully saturated rings. The standard InChI is InChI=1S/C13H11N5OS.C7H13N/c1-3-18-8(5-19)4-9-11-10(15-7-17(11)2)13(20-6-14)16-12(9)18;1-8(6-2-3-6)7-4-5-7/h4-5,7H,3H2,1-2H3;6-7H,2-5H2,1H3. The molecular formula is C20H24N6OS. The minimum Gasteiger partial charge on any atom is -0.333 e. The highest BCUT2D eigenvalue weighted by atomic mass is 32.2. The second-order valence-electron chi connectivity index (χ2n) is 7.46. The summed E-state index contributed by atoms with van der Waals surface area (Å²) < 4.78 is 3.73. The van der Waals surface area contributed by atoms with Crippen molar-refractivity contribution in [3.05, 3.63) is 18.1 Å². The van der Waals surface area contributed by atoms with Crippen LogP contribution in [0.3, 0.4) is 0 Å². The van der Waals surface area contributed by atoms with Crippen LogP contribution in [0.25, 0.3) is 22.1 Å². The zero-order valence-corrected chi connectivity index (χ0v) is 17.2. The van der Waals surface area contributed by atoms with Crippen LogP contribution in [0.5, 0.6) is 0 Å². The van der Waals surface area contributed by atoms with Crippen molar-refractivity contribution in [2.24, 2.45) is 7.05 Å². The number of pyridine rings is 1. The third-order valence-corrected chi connectivity index (χ3v) is 6.10. The predicted molar refractivity (Wildman–Crippen MR) is 110 cm³/mol. The van der Waals surface area contributed by atoms with Crippen LogP contribution in [0.2, 0.25) is 0 Å². The summed E-state index contributed by atoms with van der Waals surface area (Å²) >= 11 is 0.986. The Morgan fingerprint density at radius 3 is 2.57 bits per heavy atom. The summed E-state index contributed by atoms with van der Waals surface area (Å²) in [4.78, 5) is 22.6. The van der Waals surface area contributed by atoms with Crippen molar-refractivity contribution in [3.8, 4) is 5.40 Å². The molecule has 2 aliphatic rings. The van der Waals surface area contributed by atoms with Gasteiger partial charge in [0.05, 0.1) is 17.5 Å². The summed E-state index contributed by atoms with van der Waals surface area (Å²) in [5, 5.41) is 12.4. The Bertz CT molecular complexity index is 1060. The van der Waals surface area contributed by atoms with Gasteiger partial charge in [0, 0.05) is 42.8 Å². The second-order valence-corrected chi connectivity index (χ2v) is 8.23. The van der Waals surface area contributed by atoms with Crippen LogP contribution < -0.4 is 0 Å². The number of imidazole rings is 1. The molecule has 28 heavy (non-hydrogen) atoms. The largest absolute Gasteiger partial charge is 0.333 e. The molecule has 7 nitrogen and oxygen atoms in total. The van der Waals surface area contributed by atoms with Gasteiger partial charge in [-0.1, -0.05) is 0 Å². The summed E-state index contributed by atoms with van der Waals surface area (Å²) in [6.07, 6.45) is 8.38. The number of hydrogen-bond donors (Lipinski definition) is 0. The molecule has 3 aromatic rings. The van der Waals surface area contributed by atoms with E-state index in [1.165, 1.54) is 25.7 Å². The number of aryl methyl sites for hydroxylation is 2. The van der Waals surface area contributed by atoms with Crippen molar-refractivity contribution in [2.75, 3.05) is 7.05 Å². The summed E-state index contributed by atoms with van der Waals surface area (Å²) in [5.41, 5.74) is 2.88. The maximum atomic E-state index is 11.2. The van der Waals surface area contributed by atoms with Crippen molar-refractivity contribution in [1.29, 1.82) is 5.26 Å². The van der Waals surface area contributed by atoms with Crippen LogP contribution in [-0.2, 0) is 13.6 Å². The molecule has 0 radical (unpaired) electrons. The van der Waals surface area contributed by atoms with Crippen molar-refractivity contribution < 1.29 is 4.79 Å². The zero-order valence-electron chi connectivity index (χ0n) is 16.4. The normalized spacial score (nSPS) is 16.2. The van der Waals surface area contributed by atoms with Gasteiger partial charge in [0.1, 0.15) is 21.6 Å². The van der Waals surface area contributed by atoms with Crippen molar-refractivity contribution in [3.63, 3.8) is 0 Å². The van der Waals surface area contributed by atoms with E-state index in [1.54, 1.807) is 6.33 Å². The fourth-order valence-electron chi connectivity index (χ4n) is 3.71. The van der Waals surface area contributed by atoms with Crippen LogP contribution >= 0.6 is 11.8 Å². The number of thioether (sulfide) groups is 1. The van der Waals surface area contributed by atoms with Gasteiger partial charge < -0.3 is 14.0 Å². The topological polar surface area (TPSA) is 79.7 Å². The summed E-state index contributed by atoms with van der Waals surface area (Å²) in [7, 11) is 4.16. The number of fused-ring (bicyclic) bond motifs is 3. The van der Waals surface area contributed by atoms with Crippen molar-refractivity contribution in [2.45, 2.75) is 56.3 Å². The molecule has 0 aromatic carbocycles. The quantitative estimate of drug-likeness (QED) is 0.373. The third kappa shape index (κ3) is 3.40. The van der Waals surface area contributed by atoms with E-state index in [9.17, 15) is 4.79 Å². The Balaban J connectivity index is 0.000000198. The number of thiocyanates is 1. The maximum Gasteiger partial charge on any atom is 0.166 e. The Morgan fingerprint density at radius 2 is 2.04 bits per heavy atom. The Labute approximate surface area is 168 Å². The molecule has 0 spiro atoms. The molecule has 0 saturated heterocycles. The number of aldehydes is 1. The van der Waals surface area contributed by atoms with Gasteiger partial charge in [-0.05, 0) is 45.7 Å². The molecule has 0 aliphatic heterocycles. The van der Waals surface area contributed by atoms with Crippen LogP contribution in [0, 0.1) is 10.7 Å². The number of nitrogens with zero attached hydrogens (tertiary/aromatic N) is 6. The van der Waals surface area contributed by atoms with Gasteiger partial charge in [-0.3, -0.25) is 4.79 Å². The molecular weight excluding hydrogens is 372 g/mol. The smallest absolute Gasteiger partial charge is 0.166 e. The highest BCUT2D eigenvalue weighted by molar-refractivity contribution is 8.03. The van der Waals surface area contributed by atoms with E-state index in [0.29, 0.717) is 28.4 Å². The first-order chi connectivity index (χ1) is 13.6. The Morgan fingerprint density at radius 1 is 1.36 bits per heavy atom. The number of nitriles is 1. The minimum absolute atomic E-state index is 0.570. The molecule has 146 valence electrons. The lowest BCUT2D eigenvalue weighted by Gasteiger charge is -2.12. The van der Waals surface area contributed by atoms with Gasteiger partial charge in [0.25, 0.3) is 0 Å². The molecule has 2 saturated carbocycles. The molecule has 5 rings (SSSR count). The van der Waals surface area contributed by atoms with E-state index < -0.39 is 0 Å². The highest BCUT2D eigenvalue weighted by Gasteiger charge is 2.36. The van der Waals surface area contributed by atoms with Gasteiger partial charge in [-0.2, -0.15) is 5.26 Å². The molecule has 2 aliphatic carbocycles. The zero-order chi connectivity index (χ0) is 19.8. The molecule has 8 heteroatoms. The minimum atomic E-state index is 0.570. The van der Waals surface area contributed by atoms with Crippen LogP contribution in [0.15, 0.2) is 17.4 Å². The van der Waals surface area contributed by atoms with E-state index in [4.69, 9.17) is 5.26 Å².